The molecule has 9 N–H and O–H groups in total. The first-order valence-corrected chi connectivity index (χ1v) is 9.18. The van der Waals surface area contributed by atoms with E-state index in [1.165, 1.54) is 0 Å². The van der Waals surface area contributed by atoms with Gasteiger partial charge in [0, 0.05) is 6.42 Å². The number of hydrogen-bond acceptors (Lipinski definition) is 4. The van der Waals surface area contributed by atoms with Gasteiger partial charge in [0.05, 0.1) is 25.1 Å². The number of guanidine groups is 1. The molecule has 3 atom stereocenters. The van der Waals surface area contributed by atoms with Gasteiger partial charge in [-0.25, -0.2) is 0 Å². The van der Waals surface area contributed by atoms with Crippen molar-refractivity contribution in [2.45, 2.75) is 71.1 Å². The lowest BCUT2D eigenvalue weighted by atomic mass is 9.96. The third-order valence-corrected chi connectivity index (χ3v) is 3.87. The van der Waals surface area contributed by atoms with E-state index in [0.29, 0.717) is 25.8 Å². The molecule has 0 aromatic rings. The van der Waals surface area contributed by atoms with E-state index in [4.69, 9.17) is 16.6 Å². The normalized spacial score (nSPS) is 14.1. The minimum Gasteiger partial charge on any atom is -0.481 e. The van der Waals surface area contributed by atoms with Crippen LogP contribution < -0.4 is 27.1 Å². The van der Waals surface area contributed by atoms with Crippen LogP contribution in [0.5, 0.6) is 0 Å². The molecule has 10 heteroatoms. The third-order valence-electron chi connectivity index (χ3n) is 3.87. The molecule has 0 aromatic heterocycles. The summed E-state index contributed by atoms with van der Waals surface area (Å²) in [4.78, 5) is 38.0. The lowest BCUT2D eigenvalue weighted by Gasteiger charge is -2.27. The number of carbonyl (C=O) groups excluding carboxylic acids is 2. The summed E-state index contributed by atoms with van der Waals surface area (Å²) in [6, 6.07) is -1.52. The van der Waals surface area contributed by atoms with Gasteiger partial charge in [-0.3, -0.25) is 30.8 Å². The maximum Gasteiger partial charge on any atom is 0.338 e. The van der Waals surface area contributed by atoms with Crippen molar-refractivity contribution in [2.75, 3.05) is 6.54 Å². The molecule has 2 amide bonds. The number of amides is 2. The van der Waals surface area contributed by atoms with Gasteiger partial charge in [-0.1, -0.05) is 20.8 Å². The number of carboxylic acid groups (broad SMARTS) is 1. The van der Waals surface area contributed by atoms with Crippen molar-refractivity contribution < 1.29 is 29.6 Å². The Bertz CT molecular complexity index is 520. The summed E-state index contributed by atoms with van der Waals surface area (Å²) in [6.45, 7) is 5.92. The van der Waals surface area contributed by atoms with E-state index in [1.807, 2.05) is 13.8 Å². The second kappa shape index (κ2) is 12.9. The number of aliphatic carboxylic acids is 1. The number of aliphatic hydroxyl groups is 1. The molecule has 0 fully saturated rings. The maximum absolute atomic E-state index is 12.6. The zero-order valence-corrected chi connectivity index (χ0v) is 16.3. The minimum atomic E-state index is -1.22. The van der Waals surface area contributed by atoms with Crippen LogP contribution in [0.2, 0.25) is 0 Å². The van der Waals surface area contributed by atoms with E-state index in [-0.39, 0.29) is 24.2 Å². The highest BCUT2D eigenvalue weighted by molar-refractivity contribution is 5.87. The van der Waals surface area contributed by atoms with Gasteiger partial charge in [-0.05, 0) is 25.2 Å². The van der Waals surface area contributed by atoms with Gasteiger partial charge in [0.1, 0.15) is 6.04 Å². The SMILES string of the molecule is CCC(=O)N[C@@H](CCC[NH+]=C(N)N)C(=O)N[C@@H](CC(C)C)[C@@H](O)CC(=O)O. The zero-order chi connectivity index (χ0) is 21.0. The minimum absolute atomic E-state index is 0.0717. The van der Waals surface area contributed by atoms with Crippen molar-refractivity contribution in [3.05, 3.63) is 0 Å². The Balaban J connectivity index is 5.07. The number of aliphatic hydroxyl groups excluding tert-OH is 1. The van der Waals surface area contributed by atoms with Gasteiger partial charge in [-0.15, -0.1) is 0 Å². The van der Waals surface area contributed by atoms with Crippen molar-refractivity contribution in [3.8, 4) is 0 Å². The molecule has 156 valence electrons. The smallest absolute Gasteiger partial charge is 0.338 e. The van der Waals surface area contributed by atoms with E-state index in [0.717, 1.165) is 0 Å². The summed E-state index contributed by atoms with van der Waals surface area (Å²) in [5.41, 5.74) is 10.6. The molecule has 0 heterocycles. The molecule has 0 rings (SSSR count). The van der Waals surface area contributed by atoms with Crippen LogP contribution in [-0.2, 0) is 14.4 Å². The first-order chi connectivity index (χ1) is 12.6. The van der Waals surface area contributed by atoms with Gasteiger partial charge >= 0.3 is 11.9 Å². The van der Waals surface area contributed by atoms with Crippen LogP contribution in [0.15, 0.2) is 0 Å². The Morgan fingerprint density at radius 2 is 1.78 bits per heavy atom. The highest BCUT2D eigenvalue weighted by Gasteiger charge is 2.28. The van der Waals surface area contributed by atoms with Gasteiger partial charge in [0.25, 0.3) is 0 Å². The highest BCUT2D eigenvalue weighted by atomic mass is 16.4. The zero-order valence-electron chi connectivity index (χ0n) is 16.3. The Kier molecular flexibility index (Phi) is 11.8. The van der Waals surface area contributed by atoms with Crippen LogP contribution in [0.25, 0.3) is 0 Å². The Labute approximate surface area is 159 Å². The van der Waals surface area contributed by atoms with E-state index >= 15 is 0 Å². The maximum atomic E-state index is 12.6. The molecule has 0 aliphatic rings. The van der Waals surface area contributed by atoms with E-state index in [9.17, 15) is 19.5 Å². The van der Waals surface area contributed by atoms with Crippen molar-refractivity contribution in [2.24, 2.45) is 17.4 Å². The fourth-order valence-corrected chi connectivity index (χ4v) is 2.53. The lowest BCUT2D eigenvalue weighted by molar-refractivity contribution is -0.459. The topological polar surface area (TPSA) is 182 Å². The van der Waals surface area contributed by atoms with Gasteiger partial charge in [-0.2, -0.15) is 0 Å². The Hall–Kier alpha value is -2.36. The number of carbonyl (C=O) groups is 3. The molecule has 0 aliphatic carbocycles. The Morgan fingerprint density at radius 3 is 2.26 bits per heavy atom. The van der Waals surface area contributed by atoms with Crippen LogP contribution in [0.3, 0.4) is 0 Å². The molecule has 0 unspecified atom stereocenters. The summed E-state index contributed by atoms with van der Waals surface area (Å²) in [7, 11) is 0. The largest absolute Gasteiger partial charge is 0.481 e. The van der Waals surface area contributed by atoms with Crippen LogP contribution >= 0.6 is 0 Å². The van der Waals surface area contributed by atoms with Gasteiger partial charge in [0.15, 0.2) is 0 Å². The summed E-state index contributed by atoms with van der Waals surface area (Å²) in [6.07, 6.45) is -0.200. The van der Waals surface area contributed by atoms with Crippen LogP contribution in [0.1, 0.15) is 52.9 Å². The number of carboxylic acids is 1. The molecule has 10 nitrogen and oxygen atoms in total. The molecule has 0 bridgehead atoms. The van der Waals surface area contributed by atoms with Crippen LogP contribution in [-0.4, -0.2) is 58.7 Å². The summed E-state index contributed by atoms with van der Waals surface area (Å²) in [5, 5.41) is 24.4. The van der Waals surface area contributed by atoms with E-state index in [1.54, 1.807) is 6.92 Å². The van der Waals surface area contributed by atoms with E-state index in [2.05, 4.69) is 15.6 Å². The standard InChI is InChI=1S/C17H33N5O5/c1-4-14(24)21-11(6-5-7-20-17(18)19)16(27)22-12(8-10(2)3)13(23)9-15(25)26/h10-13,23H,4-9H2,1-3H3,(H,21,24)(H,22,27)(H,25,26)(H4,18,19,20)/p+1/t11-,12-,13-/m0/s1. The molecule has 0 saturated heterocycles. The van der Waals surface area contributed by atoms with Crippen molar-refractivity contribution in [1.82, 2.24) is 10.6 Å². The van der Waals surface area contributed by atoms with Crippen molar-refractivity contribution in [1.29, 1.82) is 0 Å². The molecule has 0 aliphatic heterocycles. The summed E-state index contributed by atoms with van der Waals surface area (Å²) >= 11 is 0. The molecule has 27 heavy (non-hydrogen) atoms. The Morgan fingerprint density at radius 1 is 1.15 bits per heavy atom. The fourth-order valence-electron chi connectivity index (χ4n) is 2.53. The highest BCUT2D eigenvalue weighted by Crippen LogP contribution is 2.12. The summed E-state index contributed by atoms with van der Waals surface area (Å²) < 4.78 is 0. The first kappa shape index (κ1) is 24.6. The second-order valence-electron chi connectivity index (χ2n) is 6.91. The fraction of sp³-hybridized carbons (Fsp3) is 0.765. The van der Waals surface area contributed by atoms with Crippen molar-refractivity contribution in [3.63, 3.8) is 0 Å². The molecular formula is C17H34N5O5+. The molecule has 0 spiro atoms. The van der Waals surface area contributed by atoms with Crippen LogP contribution in [0, 0.1) is 5.92 Å². The van der Waals surface area contributed by atoms with Crippen molar-refractivity contribution >= 4 is 23.7 Å². The quantitative estimate of drug-likeness (QED) is 0.102. The van der Waals surface area contributed by atoms with Gasteiger partial charge < -0.3 is 20.8 Å². The van der Waals surface area contributed by atoms with Gasteiger partial charge in [0.2, 0.25) is 11.8 Å². The molecule has 0 saturated carbocycles. The predicted molar refractivity (Wildman–Crippen MR) is 100 cm³/mol. The number of rotatable bonds is 13. The molecule has 0 radical (unpaired) electrons. The van der Waals surface area contributed by atoms with E-state index < -0.39 is 36.5 Å². The average Bonchev–Trinajstić information content (AvgIpc) is 2.55. The predicted octanol–water partition coefficient (Wildman–Crippen LogP) is -2.62. The molecular weight excluding hydrogens is 354 g/mol. The average molecular weight is 388 g/mol. The molecule has 0 aromatic carbocycles. The number of hydrogen-bond donors (Lipinski definition) is 7. The summed E-state index contributed by atoms with van der Waals surface area (Å²) in [5.74, 6) is -1.68. The van der Waals surface area contributed by atoms with Crippen LogP contribution in [0.4, 0.5) is 0 Å². The number of nitrogens with two attached hydrogens (primary N) is 2. The first-order valence-electron chi connectivity index (χ1n) is 9.18. The monoisotopic (exact) mass is 388 g/mol. The second-order valence-corrected chi connectivity index (χ2v) is 6.91. The third kappa shape index (κ3) is 11.8. The number of nitrogens with one attached hydrogen (secondary N) is 3. The lowest BCUT2D eigenvalue weighted by Crippen LogP contribution is -2.78.